The second kappa shape index (κ2) is 6.96. The lowest BCUT2D eigenvalue weighted by Gasteiger charge is -2.14. The van der Waals surface area contributed by atoms with E-state index in [2.05, 4.69) is 23.5 Å². The Bertz CT molecular complexity index is 526. The number of nitrogens with one attached hydrogen (secondary N) is 1. The summed E-state index contributed by atoms with van der Waals surface area (Å²) >= 11 is 0. The molecule has 0 radical (unpaired) electrons. The summed E-state index contributed by atoms with van der Waals surface area (Å²) in [5, 5.41) is 7.28. The Morgan fingerprint density at radius 3 is 2.65 bits per heavy atom. The average Bonchev–Trinajstić information content (AvgIpc) is 2.98. The van der Waals surface area contributed by atoms with Crippen molar-refractivity contribution in [1.82, 2.24) is 10.5 Å². The van der Waals surface area contributed by atoms with Crippen molar-refractivity contribution in [3.8, 4) is 11.5 Å². The highest BCUT2D eigenvalue weighted by molar-refractivity contribution is 5.43. The topological polar surface area (TPSA) is 56.5 Å². The standard InChI is InChI=1S/C15H20N2O3/c1-11(16-10-13-6-7-20-17-13)8-12-4-5-14(18-2)15(9-12)19-3/h4-7,9,11,16H,8,10H2,1-3H3. The Kier molecular flexibility index (Phi) is 5.01. The summed E-state index contributed by atoms with van der Waals surface area (Å²) in [7, 11) is 3.29. The molecule has 0 aliphatic carbocycles. The van der Waals surface area contributed by atoms with E-state index in [4.69, 9.17) is 14.0 Å². The molecule has 1 aromatic carbocycles. The van der Waals surface area contributed by atoms with E-state index in [-0.39, 0.29) is 0 Å². The Balaban J connectivity index is 1.91. The molecular formula is C15H20N2O3. The molecule has 1 heterocycles. The fourth-order valence-corrected chi connectivity index (χ4v) is 2.04. The third-order valence-electron chi connectivity index (χ3n) is 3.11. The Morgan fingerprint density at radius 1 is 1.20 bits per heavy atom. The smallest absolute Gasteiger partial charge is 0.160 e. The van der Waals surface area contributed by atoms with Gasteiger partial charge >= 0.3 is 0 Å². The number of benzene rings is 1. The van der Waals surface area contributed by atoms with Crippen LogP contribution in [0.4, 0.5) is 0 Å². The summed E-state index contributed by atoms with van der Waals surface area (Å²) in [6, 6.07) is 8.17. The van der Waals surface area contributed by atoms with Gasteiger partial charge in [0, 0.05) is 18.7 Å². The third-order valence-corrected chi connectivity index (χ3v) is 3.11. The van der Waals surface area contributed by atoms with Gasteiger partial charge in [-0.25, -0.2) is 0 Å². The van der Waals surface area contributed by atoms with Gasteiger partial charge in [0.25, 0.3) is 0 Å². The predicted molar refractivity (Wildman–Crippen MR) is 76.1 cm³/mol. The molecule has 0 amide bonds. The van der Waals surface area contributed by atoms with Gasteiger partial charge in [0.05, 0.1) is 19.9 Å². The minimum Gasteiger partial charge on any atom is -0.493 e. The zero-order valence-corrected chi connectivity index (χ0v) is 12.1. The number of hydrogen-bond acceptors (Lipinski definition) is 5. The van der Waals surface area contributed by atoms with E-state index in [1.54, 1.807) is 20.5 Å². The minimum atomic E-state index is 0.324. The van der Waals surface area contributed by atoms with Crippen molar-refractivity contribution >= 4 is 0 Å². The van der Waals surface area contributed by atoms with Crippen LogP contribution < -0.4 is 14.8 Å². The molecule has 5 heteroatoms. The van der Waals surface area contributed by atoms with E-state index in [1.807, 2.05) is 18.2 Å². The maximum Gasteiger partial charge on any atom is 0.160 e. The number of hydrogen-bond donors (Lipinski definition) is 1. The number of ether oxygens (including phenoxy) is 2. The SMILES string of the molecule is COc1ccc(CC(C)NCc2ccon2)cc1OC. The zero-order chi connectivity index (χ0) is 14.4. The zero-order valence-electron chi connectivity index (χ0n) is 12.1. The highest BCUT2D eigenvalue weighted by Crippen LogP contribution is 2.27. The second-order valence-corrected chi connectivity index (χ2v) is 4.67. The fourth-order valence-electron chi connectivity index (χ4n) is 2.04. The Morgan fingerprint density at radius 2 is 2.00 bits per heavy atom. The Labute approximate surface area is 118 Å². The van der Waals surface area contributed by atoms with Gasteiger partial charge in [0.1, 0.15) is 6.26 Å². The Hall–Kier alpha value is -2.01. The van der Waals surface area contributed by atoms with Crippen LogP contribution in [0.5, 0.6) is 11.5 Å². The molecule has 0 bridgehead atoms. The molecule has 2 aromatic rings. The van der Waals surface area contributed by atoms with E-state index < -0.39 is 0 Å². The molecule has 1 unspecified atom stereocenters. The molecular weight excluding hydrogens is 256 g/mol. The van der Waals surface area contributed by atoms with Crippen molar-refractivity contribution in [2.75, 3.05) is 14.2 Å². The molecule has 0 saturated carbocycles. The first-order valence-corrected chi connectivity index (χ1v) is 6.56. The average molecular weight is 276 g/mol. The molecule has 108 valence electrons. The van der Waals surface area contributed by atoms with Gasteiger partial charge in [0.2, 0.25) is 0 Å². The lowest BCUT2D eigenvalue weighted by Crippen LogP contribution is -2.27. The monoisotopic (exact) mass is 276 g/mol. The van der Waals surface area contributed by atoms with Crippen LogP contribution in [0.25, 0.3) is 0 Å². The van der Waals surface area contributed by atoms with Crippen LogP contribution in [0.3, 0.4) is 0 Å². The molecule has 0 aliphatic heterocycles. The lowest BCUT2D eigenvalue weighted by molar-refractivity contribution is 0.354. The van der Waals surface area contributed by atoms with Crippen molar-refractivity contribution in [3.63, 3.8) is 0 Å². The summed E-state index contributed by atoms with van der Waals surface area (Å²) in [5.41, 5.74) is 2.10. The first-order chi connectivity index (χ1) is 9.72. The normalized spacial score (nSPS) is 12.2. The third kappa shape index (κ3) is 3.74. The van der Waals surface area contributed by atoms with Gasteiger partial charge < -0.3 is 19.3 Å². The van der Waals surface area contributed by atoms with Gasteiger partial charge in [-0.3, -0.25) is 0 Å². The maximum atomic E-state index is 5.31. The van der Waals surface area contributed by atoms with Crippen LogP contribution >= 0.6 is 0 Å². The molecule has 0 spiro atoms. The minimum absolute atomic E-state index is 0.324. The predicted octanol–water partition coefficient (Wildman–Crippen LogP) is 2.41. The van der Waals surface area contributed by atoms with Gasteiger partial charge in [-0.2, -0.15) is 0 Å². The van der Waals surface area contributed by atoms with Crippen molar-refractivity contribution in [3.05, 3.63) is 41.8 Å². The summed E-state index contributed by atoms with van der Waals surface area (Å²) in [6.07, 6.45) is 2.48. The number of rotatable bonds is 7. The van der Waals surface area contributed by atoms with Crippen LogP contribution in [-0.2, 0) is 13.0 Å². The molecule has 0 aliphatic rings. The number of aromatic nitrogens is 1. The quantitative estimate of drug-likeness (QED) is 0.841. The van der Waals surface area contributed by atoms with E-state index in [9.17, 15) is 0 Å². The van der Waals surface area contributed by atoms with Crippen molar-refractivity contribution in [2.45, 2.75) is 25.9 Å². The van der Waals surface area contributed by atoms with Crippen molar-refractivity contribution in [2.24, 2.45) is 0 Å². The molecule has 0 fully saturated rings. The second-order valence-electron chi connectivity index (χ2n) is 4.67. The van der Waals surface area contributed by atoms with Crippen LogP contribution in [0.1, 0.15) is 18.2 Å². The van der Waals surface area contributed by atoms with E-state index in [0.717, 1.165) is 23.6 Å². The first-order valence-electron chi connectivity index (χ1n) is 6.56. The number of nitrogens with zero attached hydrogens (tertiary/aromatic N) is 1. The van der Waals surface area contributed by atoms with Gasteiger partial charge in [-0.05, 0) is 31.0 Å². The van der Waals surface area contributed by atoms with Crippen LogP contribution in [-0.4, -0.2) is 25.4 Å². The number of methoxy groups -OCH3 is 2. The molecule has 20 heavy (non-hydrogen) atoms. The lowest BCUT2D eigenvalue weighted by atomic mass is 10.1. The molecule has 2 rings (SSSR count). The summed E-state index contributed by atoms with van der Waals surface area (Å²) in [5.74, 6) is 1.51. The maximum absolute atomic E-state index is 5.31. The van der Waals surface area contributed by atoms with E-state index in [1.165, 1.54) is 5.56 Å². The first kappa shape index (κ1) is 14.4. The molecule has 1 aromatic heterocycles. The van der Waals surface area contributed by atoms with Gasteiger partial charge in [-0.15, -0.1) is 0 Å². The summed E-state index contributed by atoms with van der Waals surface area (Å²) < 4.78 is 15.3. The fraction of sp³-hybridized carbons (Fsp3) is 0.400. The van der Waals surface area contributed by atoms with Crippen LogP contribution in [0, 0.1) is 0 Å². The van der Waals surface area contributed by atoms with Crippen molar-refractivity contribution in [1.29, 1.82) is 0 Å². The molecule has 1 atom stereocenters. The van der Waals surface area contributed by atoms with Crippen LogP contribution in [0.15, 0.2) is 35.1 Å². The van der Waals surface area contributed by atoms with Crippen LogP contribution in [0.2, 0.25) is 0 Å². The molecule has 1 N–H and O–H groups in total. The summed E-state index contributed by atoms with van der Waals surface area (Å²) in [4.78, 5) is 0. The highest BCUT2D eigenvalue weighted by Gasteiger charge is 2.08. The van der Waals surface area contributed by atoms with Gasteiger partial charge in [0.15, 0.2) is 11.5 Å². The largest absolute Gasteiger partial charge is 0.493 e. The van der Waals surface area contributed by atoms with Gasteiger partial charge in [-0.1, -0.05) is 11.2 Å². The van der Waals surface area contributed by atoms with Crippen molar-refractivity contribution < 1.29 is 14.0 Å². The van der Waals surface area contributed by atoms with E-state index in [0.29, 0.717) is 12.6 Å². The van der Waals surface area contributed by atoms with E-state index >= 15 is 0 Å². The summed E-state index contributed by atoms with van der Waals surface area (Å²) in [6.45, 7) is 2.84. The molecule has 5 nitrogen and oxygen atoms in total. The molecule has 0 saturated heterocycles. The highest BCUT2D eigenvalue weighted by atomic mass is 16.5.